The highest BCUT2D eigenvalue weighted by molar-refractivity contribution is 7.87. The van der Waals surface area contributed by atoms with Gasteiger partial charge in [-0.1, -0.05) is 48.5 Å². The van der Waals surface area contributed by atoms with Crippen LogP contribution < -0.4 is 0 Å². The molecule has 0 spiro atoms. The number of halogens is 2. The molecule has 0 aromatic heterocycles. The largest absolute Gasteiger partial charge is 0.465 e. The Morgan fingerprint density at radius 2 is 1.45 bits per heavy atom. The van der Waals surface area contributed by atoms with Gasteiger partial charge in [-0.3, -0.25) is 4.55 Å². The summed E-state index contributed by atoms with van der Waals surface area (Å²) in [4.78, 5) is 22.9. The van der Waals surface area contributed by atoms with Gasteiger partial charge in [0, 0.05) is 5.56 Å². The molecule has 0 aliphatic carbocycles. The summed E-state index contributed by atoms with van der Waals surface area (Å²) >= 11 is 0. The monoisotopic (exact) mass is 424 g/mol. The minimum absolute atomic E-state index is 0.229. The summed E-state index contributed by atoms with van der Waals surface area (Å²) in [6, 6.07) is 16.7. The molecule has 3 aromatic rings. The molecule has 1 N–H and O–H groups in total. The highest BCUT2D eigenvalue weighted by Crippen LogP contribution is 2.29. The second-order valence-electron chi connectivity index (χ2n) is 6.03. The summed E-state index contributed by atoms with van der Waals surface area (Å²) in [5.74, 6) is -3.74. The van der Waals surface area contributed by atoms with Gasteiger partial charge in [0.2, 0.25) is 0 Å². The van der Waals surface area contributed by atoms with Crippen LogP contribution in [-0.4, -0.2) is 36.8 Å². The number of alkyl halides is 2. The zero-order valence-electron chi connectivity index (χ0n) is 14.7. The van der Waals surface area contributed by atoms with E-state index in [-0.39, 0.29) is 6.61 Å². The fourth-order valence-corrected chi connectivity index (χ4v) is 3.04. The van der Waals surface area contributed by atoms with Gasteiger partial charge in [-0.05, 0) is 27.6 Å². The molecule has 7 nitrogen and oxygen atoms in total. The van der Waals surface area contributed by atoms with Gasteiger partial charge in [-0.25, -0.2) is 9.59 Å². The Morgan fingerprint density at radius 3 is 1.97 bits per heavy atom. The van der Waals surface area contributed by atoms with Gasteiger partial charge >= 0.3 is 27.3 Å². The zero-order valence-corrected chi connectivity index (χ0v) is 15.5. The van der Waals surface area contributed by atoms with E-state index < -0.39 is 33.9 Å². The van der Waals surface area contributed by atoms with Crippen LogP contribution in [0.5, 0.6) is 0 Å². The van der Waals surface area contributed by atoms with Gasteiger partial charge in [0.15, 0.2) is 6.61 Å². The molecule has 3 aromatic carbocycles. The molecule has 0 radical (unpaired) electrons. The number of hydrogen-bond donors (Lipinski definition) is 1. The van der Waals surface area contributed by atoms with Crippen molar-refractivity contribution in [1.82, 2.24) is 0 Å². The minimum Gasteiger partial charge on any atom is -0.458 e. The highest BCUT2D eigenvalue weighted by Gasteiger charge is 2.54. The van der Waals surface area contributed by atoms with Gasteiger partial charge in [0.05, 0.1) is 0 Å². The van der Waals surface area contributed by atoms with E-state index in [0.717, 1.165) is 21.5 Å². The molecule has 152 valence electrons. The molecule has 3 rings (SSSR count). The summed E-state index contributed by atoms with van der Waals surface area (Å²) in [7, 11) is -6.01. The van der Waals surface area contributed by atoms with E-state index in [0.29, 0.717) is 5.56 Å². The maximum Gasteiger partial charge on any atom is 0.465 e. The fraction of sp³-hybridized carbons (Fsp3) is 0.158. The van der Waals surface area contributed by atoms with Gasteiger partial charge in [0.25, 0.3) is 0 Å². The molecule has 0 aliphatic heterocycles. The van der Waals surface area contributed by atoms with Gasteiger partial charge in [0.1, 0.15) is 6.61 Å². The molecule has 0 amide bonds. The smallest absolute Gasteiger partial charge is 0.458 e. The van der Waals surface area contributed by atoms with Crippen LogP contribution in [0, 0.1) is 0 Å². The van der Waals surface area contributed by atoms with Crippen LogP contribution in [-0.2, 0) is 35.8 Å². The number of esters is 2. The number of carbonyl (C=O) groups excluding carboxylic acids is 2. The van der Waals surface area contributed by atoms with Crippen LogP contribution in [0.15, 0.2) is 54.6 Å². The third kappa shape index (κ3) is 4.17. The summed E-state index contributed by atoms with van der Waals surface area (Å²) in [6.45, 7) is -1.47. The SMILES string of the molecule is O=C(COC(=O)C(F)(F)S(=O)(=O)O)OCc1c2ccccc2cc2ccccc12. The number of hydrogen-bond acceptors (Lipinski definition) is 6. The molecule has 0 atom stereocenters. The van der Waals surface area contributed by atoms with Gasteiger partial charge in [-0.15, -0.1) is 0 Å². The Bertz CT molecular complexity index is 1150. The average Bonchev–Trinajstić information content (AvgIpc) is 2.68. The van der Waals surface area contributed by atoms with Crippen molar-refractivity contribution in [2.75, 3.05) is 6.61 Å². The minimum atomic E-state index is -6.01. The second kappa shape index (κ2) is 7.72. The standard InChI is InChI=1S/C19H14F2O7S/c20-19(21,29(24,25)26)18(23)28-11-17(22)27-10-16-14-7-3-1-5-12(14)9-13-6-2-4-8-15(13)16/h1-9H,10-11H2,(H,24,25,26). The van der Waals surface area contributed by atoms with E-state index >= 15 is 0 Å². The van der Waals surface area contributed by atoms with Crippen LogP contribution in [0.2, 0.25) is 0 Å². The molecule has 0 saturated heterocycles. The number of rotatable bonds is 6. The Kier molecular flexibility index (Phi) is 5.49. The summed E-state index contributed by atoms with van der Waals surface area (Å²) in [5, 5.41) is -1.75. The predicted octanol–water partition coefficient (Wildman–Crippen LogP) is 3.06. The first-order valence-corrected chi connectivity index (χ1v) is 9.62. The van der Waals surface area contributed by atoms with E-state index in [1.54, 1.807) is 0 Å². The topological polar surface area (TPSA) is 107 Å². The Hall–Kier alpha value is -3.11. The van der Waals surface area contributed by atoms with E-state index in [1.165, 1.54) is 0 Å². The van der Waals surface area contributed by atoms with Crippen LogP contribution in [0.3, 0.4) is 0 Å². The van der Waals surface area contributed by atoms with Crippen LogP contribution in [0.4, 0.5) is 8.78 Å². The van der Waals surface area contributed by atoms with Crippen LogP contribution >= 0.6 is 0 Å². The number of benzene rings is 3. The van der Waals surface area contributed by atoms with Crippen molar-refractivity contribution in [3.8, 4) is 0 Å². The quantitative estimate of drug-likeness (QED) is 0.368. The lowest BCUT2D eigenvalue weighted by Gasteiger charge is -2.13. The van der Waals surface area contributed by atoms with E-state index in [1.807, 2.05) is 54.6 Å². The van der Waals surface area contributed by atoms with Gasteiger partial charge in [-0.2, -0.15) is 17.2 Å². The first kappa shape index (κ1) is 20.6. The second-order valence-corrected chi connectivity index (χ2v) is 7.49. The van der Waals surface area contributed by atoms with Crippen LogP contribution in [0.1, 0.15) is 5.56 Å². The lowest BCUT2D eigenvalue weighted by Crippen LogP contribution is -2.39. The molecule has 0 aliphatic rings. The Morgan fingerprint density at radius 1 is 0.931 bits per heavy atom. The molecule has 0 saturated carbocycles. The van der Waals surface area contributed by atoms with Crippen molar-refractivity contribution < 1.29 is 40.8 Å². The maximum absolute atomic E-state index is 13.1. The normalized spacial score (nSPS) is 12.1. The summed E-state index contributed by atoms with van der Waals surface area (Å²) < 4.78 is 64.5. The maximum atomic E-state index is 13.1. The lowest BCUT2D eigenvalue weighted by atomic mass is 9.97. The van der Waals surface area contributed by atoms with Crippen molar-refractivity contribution in [3.63, 3.8) is 0 Å². The van der Waals surface area contributed by atoms with E-state index in [4.69, 9.17) is 9.29 Å². The van der Waals surface area contributed by atoms with Gasteiger partial charge < -0.3 is 9.47 Å². The molecule has 29 heavy (non-hydrogen) atoms. The Balaban J connectivity index is 1.75. The van der Waals surface area contributed by atoms with Crippen molar-refractivity contribution in [1.29, 1.82) is 0 Å². The summed E-state index contributed by atoms with van der Waals surface area (Å²) in [5.41, 5.74) is 0.668. The van der Waals surface area contributed by atoms with Crippen LogP contribution in [0.25, 0.3) is 21.5 Å². The molecular formula is C19H14F2O7S. The third-order valence-corrected chi connectivity index (χ3v) is 4.96. The number of fused-ring (bicyclic) bond motifs is 2. The number of carbonyl (C=O) groups is 2. The fourth-order valence-electron chi connectivity index (χ4n) is 2.77. The molecule has 0 unspecified atom stereocenters. The Labute approximate surface area is 163 Å². The van der Waals surface area contributed by atoms with Crippen molar-refractivity contribution in [3.05, 3.63) is 60.2 Å². The average molecular weight is 424 g/mol. The number of ether oxygens (including phenoxy) is 2. The van der Waals surface area contributed by atoms with Crippen molar-refractivity contribution in [2.24, 2.45) is 0 Å². The lowest BCUT2D eigenvalue weighted by molar-refractivity contribution is -0.169. The molecule has 0 heterocycles. The van der Waals surface area contributed by atoms with Crippen molar-refractivity contribution >= 4 is 43.6 Å². The molecule has 0 fully saturated rings. The predicted molar refractivity (Wildman–Crippen MR) is 98.7 cm³/mol. The van der Waals surface area contributed by atoms with E-state index in [9.17, 15) is 26.8 Å². The van der Waals surface area contributed by atoms with E-state index in [2.05, 4.69) is 4.74 Å². The molecule has 10 heteroatoms. The highest BCUT2D eigenvalue weighted by atomic mass is 32.2. The first-order chi connectivity index (χ1) is 13.6. The summed E-state index contributed by atoms with van der Waals surface area (Å²) in [6.07, 6.45) is 0. The molecular weight excluding hydrogens is 410 g/mol. The van der Waals surface area contributed by atoms with Crippen molar-refractivity contribution in [2.45, 2.75) is 11.9 Å². The third-order valence-electron chi connectivity index (χ3n) is 4.14. The zero-order chi connectivity index (χ0) is 21.2. The molecule has 0 bridgehead atoms. The first-order valence-electron chi connectivity index (χ1n) is 8.18.